The molecule has 1 unspecified atom stereocenters. The van der Waals surface area contributed by atoms with Crippen molar-refractivity contribution in [3.8, 4) is 0 Å². The highest BCUT2D eigenvalue weighted by molar-refractivity contribution is 7.76. The topological polar surface area (TPSA) is 26.3 Å². The third kappa shape index (κ3) is 3.68. The summed E-state index contributed by atoms with van der Waals surface area (Å²) in [5, 5.41) is 0. The minimum Gasteiger partial charge on any atom is -0.371 e. The zero-order chi connectivity index (χ0) is 13.2. The highest BCUT2D eigenvalue weighted by atomic mass is 32.2. The number of rotatable bonds is 4. The predicted octanol–water partition coefficient (Wildman–Crippen LogP) is 4.44. The van der Waals surface area contributed by atoms with E-state index in [1.165, 1.54) is 11.3 Å². The van der Waals surface area contributed by atoms with E-state index in [0.717, 1.165) is 12.9 Å². The van der Waals surface area contributed by atoms with Gasteiger partial charge in [0.05, 0.1) is 4.88 Å². The molecule has 0 aromatic carbocycles. The van der Waals surface area contributed by atoms with Crippen LogP contribution in [0.15, 0.2) is 0 Å². The number of ketones is 1. The molecule has 1 rings (SSSR count). The summed E-state index contributed by atoms with van der Waals surface area (Å²) in [4.78, 5) is 14.1. The third-order valence-electron chi connectivity index (χ3n) is 2.27. The quantitative estimate of drug-likeness (QED) is 0.605. The van der Waals surface area contributed by atoms with Crippen molar-refractivity contribution >= 4 is 40.7 Å². The van der Waals surface area contributed by atoms with Crippen molar-refractivity contribution < 1.29 is 9.53 Å². The molecule has 1 aromatic heterocycles. The van der Waals surface area contributed by atoms with Gasteiger partial charge in [0.2, 0.25) is 5.78 Å². The van der Waals surface area contributed by atoms with Crippen molar-refractivity contribution in [2.75, 3.05) is 6.61 Å². The molecule has 1 heterocycles. The van der Waals surface area contributed by atoms with Crippen LogP contribution in [0.3, 0.4) is 0 Å². The highest BCUT2D eigenvalue weighted by Crippen LogP contribution is 2.36. The first kappa shape index (κ1) is 15.0. The number of ether oxygens (including phenoxy) is 1. The Hall–Kier alpha value is -0.100. The Morgan fingerprint density at radius 1 is 1.41 bits per heavy atom. The molecule has 0 amide bonds. The average molecular weight is 290 g/mol. The molecule has 2 nitrogen and oxygen atoms in total. The van der Waals surface area contributed by atoms with Crippen LogP contribution in [0.4, 0.5) is 0 Å². The summed E-state index contributed by atoms with van der Waals surface area (Å²) < 4.78 is 6.17. The maximum absolute atomic E-state index is 12.3. The maximum atomic E-state index is 12.3. The van der Waals surface area contributed by atoms with Crippen molar-refractivity contribution in [3.05, 3.63) is 12.9 Å². The van der Waals surface area contributed by atoms with Crippen molar-refractivity contribution in [1.29, 1.82) is 0 Å². The SMILES string of the molecule is CCOC(C)C(=O)c1sc(=S)sc1C(C)(C)C. The Morgan fingerprint density at radius 3 is 2.47 bits per heavy atom. The second kappa shape index (κ2) is 5.69. The van der Waals surface area contributed by atoms with Crippen molar-refractivity contribution in [3.63, 3.8) is 0 Å². The van der Waals surface area contributed by atoms with Gasteiger partial charge in [0.25, 0.3) is 0 Å². The Balaban J connectivity index is 3.14. The summed E-state index contributed by atoms with van der Waals surface area (Å²) >= 11 is 8.15. The second-order valence-corrected chi connectivity index (χ2v) is 8.05. The minimum atomic E-state index is -0.388. The van der Waals surface area contributed by atoms with E-state index in [4.69, 9.17) is 17.0 Å². The first-order valence-electron chi connectivity index (χ1n) is 5.57. The fraction of sp³-hybridized carbons (Fsp3) is 0.667. The largest absolute Gasteiger partial charge is 0.371 e. The molecule has 5 heteroatoms. The van der Waals surface area contributed by atoms with E-state index in [1.54, 1.807) is 18.3 Å². The van der Waals surface area contributed by atoms with Crippen LogP contribution in [0.1, 0.15) is 49.2 Å². The molecule has 0 N–H and O–H groups in total. The zero-order valence-corrected chi connectivity index (χ0v) is 13.3. The molecule has 96 valence electrons. The van der Waals surface area contributed by atoms with Gasteiger partial charge in [0.1, 0.15) is 9.24 Å². The van der Waals surface area contributed by atoms with Gasteiger partial charge in [-0.15, -0.1) is 22.7 Å². The normalized spacial score (nSPS) is 13.7. The number of Topliss-reactive ketones (excluding diaryl/α,β-unsaturated/α-hetero) is 1. The Bertz CT molecular complexity index is 451. The molecule has 0 aliphatic heterocycles. The lowest BCUT2D eigenvalue weighted by molar-refractivity contribution is 0.0523. The monoisotopic (exact) mass is 290 g/mol. The molecule has 1 aromatic rings. The van der Waals surface area contributed by atoms with Gasteiger partial charge in [-0.2, -0.15) is 0 Å². The Labute approximate surface area is 116 Å². The van der Waals surface area contributed by atoms with Crippen LogP contribution in [0, 0.1) is 3.14 Å². The molecular formula is C12H18O2S3. The van der Waals surface area contributed by atoms with Gasteiger partial charge in [-0.25, -0.2) is 0 Å². The summed E-state index contributed by atoms with van der Waals surface area (Å²) in [5.41, 5.74) is -0.0465. The average Bonchev–Trinajstić information content (AvgIpc) is 2.59. The summed E-state index contributed by atoms with van der Waals surface area (Å²) in [6.07, 6.45) is -0.388. The van der Waals surface area contributed by atoms with Crippen LogP contribution in [-0.4, -0.2) is 18.5 Å². The van der Waals surface area contributed by atoms with Crippen LogP contribution in [0.5, 0.6) is 0 Å². The van der Waals surface area contributed by atoms with Crippen LogP contribution >= 0.6 is 34.9 Å². The number of carbonyl (C=O) groups excluding carboxylic acids is 1. The molecule has 0 aliphatic carbocycles. The number of hydrogen-bond acceptors (Lipinski definition) is 5. The van der Waals surface area contributed by atoms with Gasteiger partial charge in [0, 0.05) is 11.5 Å². The predicted molar refractivity (Wildman–Crippen MR) is 77.1 cm³/mol. The molecule has 0 radical (unpaired) electrons. The molecule has 0 saturated carbocycles. The standard InChI is InChI=1S/C12H18O2S3/c1-6-14-7(2)8(13)9-10(12(3,4)5)17-11(15)16-9/h7H,6H2,1-5H3. The van der Waals surface area contributed by atoms with Gasteiger partial charge < -0.3 is 4.74 Å². The van der Waals surface area contributed by atoms with Crippen LogP contribution in [0.25, 0.3) is 0 Å². The molecular weight excluding hydrogens is 272 g/mol. The fourth-order valence-electron chi connectivity index (χ4n) is 1.45. The van der Waals surface area contributed by atoms with Gasteiger partial charge in [0.15, 0.2) is 0 Å². The van der Waals surface area contributed by atoms with E-state index in [1.807, 2.05) is 6.92 Å². The van der Waals surface area contributed by atoms with Crippen molar-refractivity contribution in [1.82, 2.24) is 0 Å². The first-order chi connectivity index (χ1) is 7.77. The molecule has 0 bridgehead atoms. The summed E-state index contributed by atoms with van der Waals surface area (Å²) in [7, 11) is 0. The van der Waals surface area contributed by atoms with Gasteiger partial charge in [-0.3, -0.25) is 4.79 Å². The van der Waals surface area contributed by atoms with Crippen molar-refractivity contribution in [2.45, 2.75) is 46.1 Å². The van der Waals surface area contributed by atoms with Gasteiger partial charge >= 0.3 is 0 Å². The lowest BCUT2D eigenvalue weighted by Gasteiger charge is -2.19. The van der Waals surface area contributed by atoms with Gasteiger partial charge in [-0.1, -0.05) is 33.0 Å². The highest BCUT2D eigenvalue weighted by Gasteiger charge is 2.27. The van der Waals surface area contributed by atoms with E-state index >= 15 is 0 Å². The summed E-state index contributed by atoms with van der Waals surface area (Å²) in [6, 6.07) is 0. The molecule has 0 aliphatic rings. The van der Waals surface area contributed by atoms with E-state index in [2.05, 4.69) is 20.8 Å². The van der Waals surface area contributed by atoms with E-state index in [0.29, 0.717) is 6.61 Å². The molecule has 0 saturated heterocycles. The lowest BCUT2D eigenvalue weighted by atomic mass is 9.93. The second-order valence-electron chi connectivity index (χ2n) is 4.82. The van der Waals surface area contributed by atoms with Crippen molar-refractivity contribution in [2.24, 2.45) is 0 Å². The molecule has 0 spiro atoms. The van der Waals surface area contributed by atoms with Gasteiger partial charge in [-0.05, 0) is 19.3 Å². The van der Waals surface area contributed by atoms with Crippen LogP contribution < -0.4 is 0 Å². The fourth-order valence-corrected chi connectivity index (χ4v) is 4.36. The maximum Gasteiger partial charge on any atom is 0.202 e. The van der Waals surface area contributed by atoms with Crippen LogP contribution in [0.2, 0.25) is 0 Å². The molecule has 1 atom stereocenters. The van der Waals surface area contributed by atoms with E-state index < -0.39 is 0 Å². The minimum absolute atomic E-state index is 0.0465. The summed E-state index contributed by atoms with van der Waals surface area (Å²) in [5.74, 6) is 0.0501. The van der Waals surface area contributed by atoms with E-state index in [-0.39, 0.29) is 17.3 Å². The third-order valence-corrected chi connectivity index (χ3v) is 5.36. The van der Waals surface area contributed by atoms with Crippen LogP contribution in [-0.2, 0) is 10.2 Å². The van der Waals surface area contributed by atoms with E-state index in [9.17, 15) is 4.79 Å². The Kier molecular flexibility index (Phi) is 5.01. The summed E-state index contributed by atoms with van der Waals surface area (Å²) in [6.45, 7) is 10.5. The smallest absolute Gasteiger partial charge is 0.202 e. The number of carbonyl (C=O) groups is 1. The Morgan fingerprint density at radius 2 is 2.00 bits per heavy atom. The number of hydrogen-bond donors (Lipinski definition) is 0. The molecule has 17 heavy (non-hydrogen) atoms. The lowest BCUT2D eigenvalue weighted by Crippen LogP contribution is -2.23. The first-order valence-corrected chi connectivity index (χ1v) is 7.61. The molecule has 0 fully saturated rings. The zero-order valence-electron chi connectivity index (χ0n) is 10.8.